The Morgan fingerprint density at radius 2 is 2.27 bits per heavy atom. The average Bonchev–Trinajstić information content (AvgIpc) is 1.98. The van der Waals surface area contributed by atoms with E-state index in [1.54, 1.807) is 0 Å². The van der Waals surface area contributed by atoms with E-state index in [1.165, 1.54) is 0 Å². The maximum absolute atomic E-state index is 5.97. The molecule has 1 aliphatic rings. The van der Waals surface area contributed by atoms with Gasteiger partial charge in [0.05, 0.1) is 5.66 Å². The lowest BCUT2D eigenvalue weighted by molar-refractivity contribution is 0.358. The number of nitrogens with one attached hydrogen (secondary N) is 1. The lowest BCUT2D eigenvalue weighted by Crippen LogP contribution is -2.55. The molecule has 1 rings (SSSR count). The molecule has 0 fully saturated rings. The molecule has 5 N–H and O–H groups in total. The van der Waals surface area contributed by atoms with Gasteiger partial charge < -0.3 is 11.5 Å². The zero-order valence-corrected chi connectivity index (χ0v) is 6.96. The number of hydrogen-bond acceptors (Lipinski definition) is 3. The predicted octanol–water partition coefficient (Wildman–Crippen LogP) is -0.0907. The van der Waals surface area contributed by atoms with E-state index in [9.17, 15) is 0 Å². The summed E-state index contributed by atoms with van der Waals surface area (Å²) < 4.78 is 0. The molecule has 0 aromatic carbocycles. The van der Waals surface area contributed by atoms with Crippen molar-refractivity contribution in [1.29, 1.82) is 0 Å². The second kappa shape index (κ2) is 2.68. The number of likely N-dealkylation sites (N-methyl/N-ethyl adjacent to an activating group) is 1. The molecule has 0 aliphatic heterocycles. The summed E-state index contributed by atoms with van der Waals surface area (Å²) >= 11 is 0. The van der Waals surface area contributed by atoms with Crippen LogP contribution >= 0.6 is 0 Å². The van der Waals surface area contributed by atoms with Crippen LogP contribution in [-0.2, 0) is 0 Å². The normalized spacial score (nSPS) is 37.0. The van der Waals surface area contributed by atoms with Gasteiger partial charge >= 0.3 is 0 Å². The molecule has 62 valence electrons. The molecule has 0 saturated heterocycles. The Morgan fingerprint density at radius 3 is 2.73 bits per heavy atom. The molecule has 0 amide bonds. The van der Waals surface area contributed by atoms with Crippen molar-refractivity contribution in [3.05, 3.63) is 23.9 Å². The van der Waals surface area contributed by atoms with Gasteiger partial charge in [-0.15, -0.1) is 0 Å². The molecule has 0 aromatic heterocycles. The smallest absolute Gasteiger partial charge is 0.0917 e. The van der Waals surface area contributed by atoms with Crippen molar-refractivity contribution >= 4 is 0 Å². The van der Waals surface area contributed by atoms with Gasteiger partial charge in [0.15, 0.2) is 0 Å². The van der Waals surface area contributed by atoms with Crippen LogP contribution in [0.25, 0.3) is 0 Å². The van der Waals surface area contributed by atoms with E-state index in [0.717, 1.165) is 5.70 Å². The Bertz CT molecular complexity index is 207. The molecule has 0 heterocycles. The zero-order chi connectivity index (χ0) is 8.48. The summed E-state index contributed by atoms with van der Waals surface area (Å²) in [5.74, 6) is 0.234. The first-order chi connectivity index (χ1) is 5.08. The van der Waals surface area contributed by atoms with Crippen molar-refractivity contribution < 1.29 is 0 Å². The van der Waals surface area contributed by atoms with Gasteiger partial charge in [0.2, 0.25) is 0 Å². The quantitative estimate of drug-likeness (QED) is 0.461. The molecule has 0 spiro atoms. The van der Waals surface area contributed by atoms with Crippen LogP contribution in [0.2, 0.25) is 0 Å². The van der Waals surface area contributed by atoms with E-state index in [-0.39, 0.29) is 5.92 Å². The highest BCUT2D eigenvalue weighted by atomic mass is 15.1. The molecule has 3 nitrogen and oxygen atoms in total. The van der Waals surface area contributed by atoms with Crippen molar-refractivity contribution in [3.63, 3.8) is 0 Å². The van der Waals surface area contributed by atoms with Crippen LogP contribution < -0.4 is 16.8 Å². The van der Waals surface area contributed by atoms with Crippen LogP contribution in [0.5, 0.6) is 0 Å². The third-order valence-corrected chi connectivity index (χ3v) is 2.18. The number of nitrogens with two attached hydrogens (primary N) is 2. The molecule has 11 heavy (non-hydrogen) atoms. The van der Waals surface area contributed by atoms with Crippen molar-refractivity contribution in [2.24, 2.45) is 17.4 Å². The van der Waals surface area contributed by atoms with E-state index in [4.69, 9.17) is 11.5 Å². The summed E-state index contributed by atoms with van der Waals surface area (Å²) in [4.78, 5) is 0. The Hall–Kier alpha value is -0.800. The fourth-order valence-corrected chi connectivity index (χ4v) is 1.18. The molecule has 0 aromatic rings. The molecular formula is C8H15N3. The van der Waals surface area contributed by atoms with Crippen LogP contribution in [0.3, 0.4) is 0 Å². The summed E-state index contributed by atoms with van der Waals surface area (Å²) in [7, 11) is 1.84. The SMILES string of the molecule is CNC1(N)C=CC(N)=CC1C. The maximum atomic E-state index is 5.97. The minimum atomic E-state index is -0.428. The zero-order valence-electron chi connectivity index (χ0n) is 6.96. The van der Waals surface area contributed by atoms with E-state index in [0.29, 0.717) is 0 Å². The third-order valence-electron chi connectivity index (χ3n) is 2.18. The second-order valence-corrected chi connectivity index (χ2v) is 2.97. The Balaban J connectivity index is 2.84. The summed E-state index contributed by atoms with van der Waals surface area (Å²) in [6.45, 7) is 2.03. The van der Waals surface area contributed by atoms with Gasteiger partial charge in [-0.05, 0) is 19.2 Å². The average molecular weight is 153 g/mol. The topological polar surface area (TPSA) is 64.1 Å². The van der Waals surface area contributed by atoms with Gasteiger partial charge in [-0.2, -0.15) is 0 Å². The first-order valence-electron chi connectivity index (χ1n) is 3.73. The van der Waals surface area contributed by atoms with Gasteiger partial charge in [0.1, 0.15) is 0 Å². The van der Waals surface area contributed by atoms with Gasteiger partial charge in [-0.1, -0.05) is 13.0 Å². The highest BCUT2D eigenvalue weighted by Gasteiger charge is 2.27. The number of hydrogen-bond donors (Lipinski definition) is 3. The summed E-state index contributed by atoms with van der Waals surface area (Å²) in [5, 5.41) is 3.04. The van der Waals surface area contributed by atoms with E-state index < -0.39 is 5.66 Å². The number of rotatable bonds is 1. The predicted molar refractivity (Wildman–Crippen MR) is 46.6 cm³/mol. The molecule has 0 saturated carbocycles. The first-order valence-corrected chi connectivity index (χ1v) is 3.73. The van der Waals surface area contributed by atoms with Gasteiger partial charge in [0.25, 0.3) is 0 Å². The van der Waals surface area contributed by atoms with Crippen LogP contribution in [0.15, 0.2) is 23.9 Å². The summed E-state index contributed by atoms with van der Waals surface area (Å²) in [6, 6.07) is 0. The molecular weight excluding hydrogens is 138 g/mol. The highest BCUT2D eigenvalue weighted by Crippen LogP contribution is 2.19. The summed E-state index contributed by atoms with van der Waals surface area (Å²) in [5.41, 5.74) is 11.9. The lowest BCUT2D eigenvalue weighted by atomic mass is 9.90. The lowest BCUT2D eigenvalue weighted by Gasteiger charge is -2.33. The van der Waals surface area contributed by atoms with Gasteiger partial charge in [-0.3, -0.25) is 5.32 Å². The monoisotopic (exact) mass is 153 g/mol. The van der Waals surface area contributed by atoms with Crippen LogP contribution in [0.1, 0.15) is 6.92 Å². The molecule has 0 radical (unpaired) electrons. The fourth-order valence-electron chi connectivity index (χ4n) is 1.18. The highest BCUT2D eigenvalue weighted by molar-refractivity contribution is 5.27. The largest absolute Gasteiger partial charge is 0.399 e. The minimum Gasteiger partial charge on any atom is -0.399 e. The van der Waals surface area contributed by atoms with Crippen molar-refractivity contribution in [2.45, 2.75) is 12.6 Å². The van der Waals surface area contributed by atoms with E-state index in [1.807, 2.05) is 32.2 Å². The Labute approximate surface area is 67.1 Å². The van der Waals surface area contributed by atoms with Crippen LogP contribution in [0, 0.1) is 5.92 Å². The van der Waals surface area contributed by atoms with Gasteiger partial charge in [0, 0.05) is 11.6 Å². The maximum Gasteiger partial charge on any atom is 0.0917 e. The summed E-state index contributed by atoms with van der Waals surface area (Å²) in [6.07, 6.45) is 5.68. The van der Waals surface area contributed by atoms with Crippen LogP contribution in [0.4, 0.5) is 0 Å². The molecule has 3 heteroatoms. The van der Waals surface area contributed by atoms with Crippen molar-refractivity contribution in [3.8, 4) is 0 Å². The third kappa shape index (κ3) is 1.44. The van der Waals surface area contributed by atoms with Crippen LogP contribution in [-0.4, -0.2) is 12.7 Å². The Morgan fingerprint density at radius 1 is 1.64 bits per heavy atom. The van der Waals surface area contributed by atoms with Crippen molar-refractivity contribution in [2.75, 3.05) is 7.05 Å². The standard InChI is InChI=1S/C8H15N3/c1-6-5-7(9)3-4-8(6,10)11-2/h3-6,11H,9-10H2,1-2H3. The molecule has 2 unspecified atom stereocenters. The molecule has 0 bridgehead atoms. The van der Waals surface area contributed by atoms with E-state index >= 15 is 0 Å². The molecule has 1 aliphatic carbocycles. The van der Waals surface area contributed by atoms with Crippen molar-refractivity contribution in [1.82, 2.24) is 5.32 Å². The van der Waals surface area contributed by atoms with Gasteiger partial charge in [-0.25, -0.2) is 0 Å². The minimum absolute atomic E-state index is 0.234. The first kappa shape index (κ1) is 8.30. The fraction of sp³-hybridized carbons (Fsp3) is 0.500. The van der Waals surface area contributed by atoms with E-state index in [2.05, 4.69) is 5.32 Å². The number of allylic oxidation sites excluding steroid dienone is 1. The second-order valence-electron chi connectivity index (χ2n) is 2.97. The Kier molecular flexibility index (Phi) is 2.02. The molecule has 2 atom stereocenters.